The van der Waals surface area contributed by atoms with Crippen molar-refractivity contribution in [3.63, 3.8) is 0 Å². The molecule has 0 fully saturated rings. The van der Waals surface area contributed by atoms with Crippen LogP contribution in [0.5, 0.6) is 0 Å². The fourth-order valence-electron chi connectivity index (χ4n) is 1.26. The molecule has 1 aromatic rings. The fraction of sp³-hybridized carbons (Fsp3) is 0.750. The average Bonchev–Trinajstić information content (AvgIpc) is 2.29. The van der Waals surface area contributed by atoms with Crippen LogP contribution in [0.1, 0.15) is 53.2 Å². The van der Waals surface area contributed by atoms with Gasteiger partial charge in [0.1, 0.15) is 5.76 Å². The molecule has 0 saturated heterocycles. The van der Waals surface area contributed by atoms with E-state index in [2.05, 4.69) is 46.5 Å². The molecule has 0 spiro atoms. The van der Waals surface area contributed by atoms with Crippen LogP contribution in [0.3, 0.4) is 0 Å². The molecular weight excluding hydrogens is 174 g/mol. The van der Waals surface area contributed by atoms with Gasteiger partial charge < -0.3 is 4.42 Å². The van der Waals surface area contributed by atoms with E-state index in [1.807, 2.05) is 6.20 Å². The van der Waals surface area contributed by atoms with Crippen LogP contribution in [-0.4, -0.2) is 4.98 Å². The maximum atomic E-state index is 5.71. The molecule has 14 heavy (non-hydrogen) atoms. The average molecular weight is 195 g/mol. The minimum absolute atomic E-state index is 0.0101. The molecule has 0 unspecified atom stereocenters. The maximum absolute atomic E-state index is 5.71. The molecule has 80 valence electrons. The van der Waals surface area contributed by atoms with Gasteiger partial charge >= 0.3 is 0 Å². The van der Waals surface area contributed by atoms with Crippen LogP contribution in [0, 0.1) is 5.41 Å². The van der Waals surface area contributed by atoms with Crippen molar-refractivity contribution in [2.45, 2.75) is 53.4 Å². The third kappa shape index (κ3) is 3.17. The summed E-state index contributed by atoms with van der Waals surface area (Å²) < 4.78 is 5.71. The summed E-state index contributed by atoms with van der Waals surface area (Å²) >= 11 is 0. The zero-order chi connectivity index (χ0) is 11.0. The van der Waals surface area contributed by atoms with Crippen molar-refractivity contribution in [2.24, 2.45) is 5.41 Å². The predicted molar refractivity (Wildman–Crippen MR) is 58.4 cm³/mol. The van der Waals surface area contributed by atoms with E-state index >= 15 is 0 Å². The Morgan fingerprint density at radius 1 is 1.14 bits per heavy atom. The number of nitrogens with zero attached hydrogens (tertiary/aromatic N) is 1. The van der Waals surface area contributed by atoms with Crippen LogP contribution in [0.25, 0.3) is 0 Å². The summed E-state index contributed by atoms with van der Waals surface area (Å²) in [5, 5.41) is 0. The Hall–Kier alpha value is -0.790. The molecule has 2 nitrogen and oxygen atoms in total. The zero-order valence-electron chi connectivity index (χ0n) is 10.1. The lowest BCUT2D eigenvalue weighted by atomic mass is 9.91. The normalized spacial score (nSPS) is 13.3. The Labute approximate surface area is 86.7 Å². The zero-order valence-corrected chi connectivity index (χ0v) is 10.1. The molecule has 0 aliphatic heterocycles. The van der Waals surface area contributed by atoms with Gasteiger partial charge in [0.25, 0.3) is 0 Å². The highest BCUT2D eigenvalue weighted by Gasteiger charge is 2.21. The van der Waals surface area contributed by atoms with E-state index in [9.17, 15) is 0 Å². The molecule has 0 radical (unpaired) electrons. The molecule has 0 aliphatic carbocycles. The molecule has 0 saturated carbocycles. The quantitative estimate of drug-likeness (QED) is 0.684. The number of rotatable bonds is 1. The summed E-state index contributed by atoms with van der Waals surface area (Å²) in [7, 11) is 0. The second-order valence-corrected chi connectivity index (χ2v) is 6.12. The summed E-state index contributed by atoms with van der Waals surface area (Å²) in [6.45, 7) is 12.9. The highest BCUT2D eigenvalue weighted by molar-refractivity contribution is 5.03. The first-order valence-electron chi connectivity index (χ1n) is 5.14. The van der Waals surface area contributed by atoms with Crippen LogP contribution in [-0.2, 0) is 11.8 Å². The lowest BCUT2D eigenvalue weighted by Gasteiger charge is -2.16. The molecule has 0 bridgehead atoms. The number of oxazole rings is 1. The molecule has 0 aliphatic rings. The first-order valence-corrected chi connectivity index (χ1v) is 5.14. The smallest absolute Gasteiger partial charge is 0.199 e. The van der Waals surface area contributed by atoms with Gasteiger partial charge in [0, 0.05) is 11.8 Å². The third-order valence-electron chi connectivity index (χ3n) is 1.90. The Morgan fingerprint density at radius 3 is 2.07 bits per heavy atom. The molecule has 2 heteroatoms. The van der Waals surface area contributed by atoms with Gasteiger partial charge in [-0.3, -0.25) is 0 Å². The van der Waals surface area contributed by atoms with Crippen LogP contribution in [0.4, 0.5) is 0 Å². The molecule has 0 amide bonds. The van der Waals surface area contributed by atoms with Gasteiger partial charge in [-0.1, -0.05) is 41.5 Å². The number of hydrogen-bond acceptors (Lipinski definition) is 2. The van der Waals surface area contributed by atoms with E-state index in [1.54, 1.807) is 0 Å². The van der Waals surface area contributed by atoms with Gasteiger partial charge in [-0.15, -0.1) is 0 Å². The first kappa shape index (κ1) is 11.3. The molecule has 1 rings (SSSR count). The molecule has 0 atom stereocenters. The van der Waals surface area contributed by atoms with Gasteiger partial charge in [0.05, 0.1) is 6.20 Å². The summed E-state index contributed by atoms with van der Waals surface area (Å²) in [5.74, 6) is 1.82. The summed E-state index contributed by atoms with van der Waals surface area (Å²) in [6, 6.07) is 0. The van der Waals surface area contributed by atoms with Gasteiger partial charge in [-0.05, 0) is 5.41 Å². The first-order chi connectivity index (χ1) is 6.18. The van der Waals surface area contributed by atoms with Crippen molar-refractivity contribution in [1.29, 1.82) is 0 Å². The fourth-order valence-corrected chi connectivity index (χ4v) is 1.26. The Bertz CT molecular complexity index is 299. The maximum Gasteiger partial charge on any atom is 0.199 e. The van der Waals surface area contributed by atoms with Crippen molar-refractivity contribution >= 4 is 0 Å². The summed E-state index contributed by atoms with van der Waals surface area (Å²) in [5.41, 5.74) is 0.269. The van der Waals surface area contributed by atoms with Crippen LogP contribution >= 0.6 is 0 Å². The van der Waals surface area contributed by atoms with Gasteiger partial charge in [0.2, 0.25) is 0 Å². The van der Waals surface area contributed by atoms with Crippen LogP contribution < -0.4 is 0 Å². The van der Waals surface area contributed by atoms with E-state index in [4.69, 9.17) is 4.42 Å². The van der Waals surface area contributed by atoms with Gasteiger partial charge in [-0.25, -0.2) is 4.98 Å². The predicted octanol–water partition coefficient (Wildman–Crippen LogP) is 3.56. The van der Waals surface area contributed by atoms with Crippen molar-refractivity contribution in [1.82, 2.24) is 4.98 Å². The Morgan fingerprint density at radius 2 is 1.71 bits per heavy atom. The lowest BCUT2D eigenvalue weighted by Crippen LogP contribution is -2.11. The van der Waals surface area contributed by atoms with Crippen LogP contribution in [0.2, 0.25) is 0 Å². The SMILES string of the molecule is CC(C)(C)Cc1cnc(C(C)(C)C)o1. The highest BCUT2D eigenvalue weighted by atomic mass is 16.4. The minimum Gasteiger partial charge on any atom is -0.445 e. The highest BCUT2D eigenvalue weighted by Crippen LogP contribution is 2.25. The third-order valence-corrected chi connectivity index (χ3v) is 1.90. The van der Waals surface area contributed by atoms with E-state index < -0.39 is 0 Å². The largest absolute Gasteiger partial charge is 0.445 e. The minimum atomic E-state index is 0.0101. The molecule has 1 heterocycles. The second-order valence-electron chi connectivity index (χ2n) is 6.12. The Kier molecular flexibility index (Phi) is 2.75. The molecular formula is C12H21NO. The second kappa shape index (κ2) is 3.41. The Balaban J connectivity index is 2.79. The lowest BCUT2D eigenvalue weighted by molar-refractivity contribution is 0.326. The molecule has 0 N–H and O–H groups in total. The molecule has 1 aromatic heterocycles. The van der Waals surface area contributed by atoms with Gasteiger partial charge in [-0.2, -0.15) is 0 Å². The van der Waals surface area contributed by atoms with E-state index in [0.717, 1.165) is 18.1 Å². The van der Waals surface area contributed by atoms with E-state index in [1.165, 1.54) is 0 Å². The van der Waals surface area contributed by atoms with Crippen molar-refractivity contribution < 1.29 is 4.42 Å². The van der Waals surface area contributed by atoms with E-state index in [-0.39, 0.29) is 10.8 Å². The summed E-state index contributed by atoms with van der Waals surface area (Å²) in [4.78, 5) is 4.30. The molecule has 0 aromatic carbocycles. The van der Waals surface area contributed by atoms with E-state index in [0.29, 0.717) is 0 Å². The van der Waals surface area contributed by atoms with Crippen molar-refractivity contribution in [3.8, 4) is 0 Å². The summed E-state index contributed by atoms with van der Waals surface area (Å²) in [6.07, 6.45) is 2.79. The standard InChI is InChI=1S/C12H21NO/c1-11(2,3)7-9-8-13-10(14-9)12(4,5)6/h8H,7H2,1-6H3. The topological polar surface area (TPSA) is 26.0 Å². The van der Waals surface area contributed by atoms with Gasteiger partial charge in [0.15, 0.2) is 5.89 Å². The van der Waals surface area contributed by atoms with Crippen LogP contribution in [0.15, 0.2) is 10.6 Å². The number of hydrogen-bond donors (Lipinski definition) is 0. The van der Waals surface area contributed by atoms with Crippen molar-refractivity contribution in [3.05, 3.63) is 17.8 Å². The monoisotopic (exact) mass is 195 g/mol. The number of aromatic nitrogens is 1. The van der Waals surface area contributed by atoms with Crippen molar-refractivity contribution in [2.75, 3.05) is 0 Å².